The van der Waals surface area contributed by atoms with Crippen molar-refractivity contribution in [1.82, 2.24) is 15.2 Å². The molecule has 1 saturated carbocycles. The summed E-state index contributed by atoms with van der Waals surface area (Å²) in [6.07, 6.45) is -8.85. The van der Waals surface area contributed by atoms with Gasteiger partial charge in [-0.2, -0.15) is 26.3 Å². The van der Waals surface area contributed by atoms with Crippen molar-refractivity contribution in [3.63, 3.8) is 0 Å². The van der Waals surface area contributed by atoms with Crippen LogP contribution in [0.1, 0.15) is 24.0 Å². The highest BCUT2D eigenvalue weighted by Crippen LogP contribution is 2.38. The fraction of sp³-hybridized carbons (Fsp3) is 0.421. The van der Waals surface area contributed by atoms with E-state index in [-0.39, 0.29) is 34.7 Å². The average Bonchev–Trinajstić information content (AvgIpc) is 3.12. The van der Waals surface area contributed by atoms with Crippen molar-refractivity contribution in [2.24, 2.45) is 0 Å². The Morgan fingerprint density at radius 2 is 1.81 bits per heavy atom. The van der Waals surface area contributed by atoms with Gasteiger partial charge in [-0.25, -0.2) is 4.98 Å². The number of halogens is 6. The van der Waals surface area contributed by atoms with Crippen molar-refractivity contribution in [2.75, 3.05) is 17.2 Å². The largest absolute Gasteiger partial charge is 0.418 e. The van der Waals surface area contributed by atoms with Crippen molar-refractivity contribution in [3.8, 4) is 11.6 Å². The van der Waals surface area contributed by atoms with Gasteiger partial charge in [0.2, 0.25) is 0 Å². The van der Waals surface area contributed by atoms with Crippen LogP contribution in [0.2, 0.25) is 0 Å². The van der Waals surface area contributed by atoms with Crippen molar-refractivity contribution in [3.05, 3.63) is 29.3 Å². The Morgan fingerprint density at radius 3 is 2.44 bits per heavy atom. The van der Waals surface area contributed by atoms with Gasteiger partial charge in [0.15, 0.2) is 0 Å². The van der Waals surface area contributed by atoms with Gasteiger partial charge in [-0.1, -0.05) is 5.10 Å². The third kappa shape index (κ3) is 4.71. The molecule has 13 heteroatoms. The molecule has 0 atom stereocenters. The smallest absolute Gasteiger partial charge is 0.402 e. The predicted molar refractivity (Wildman–Crippen MR) is 102 cm³/mol. The molecule has 1 aliphatic carbocycles. The van der Waals surface area contributed by atoms with E-state index < -0.39 is 36.1 Å². The molecule has 7 nitrogen and oxygen atoms in total. The molecule has 1 aromatic carbocycles. The lowest BCUT2D eigenvalue weighted by atomic mass is 9.90. The molecule has 1 fully saturated rings. The molecule has 2 heterocycles. The van der Waals surface area contributed by atoms with Crippen molar-refractivity contribution >= 4 is 22.6 Å². The van der Waals surface area contributed by atoms with Crippen molar-refractivity contribution in [1.29, 1.82) is 0 Å². The van der Waals surface area contributed by atoms with E-state index in [4.69, 9.17) is 4.42 Å². The van der Waals surface area contributed by atoms with Crippen LogP contribution in [0.15, 0.2) is 22.6 Å². The summed E-state index contributed by atoms with van der Waals surface area (Å²) in [6, 6.07) is 3.18. The number of aliphatic hydroxyl groups is 1. The maximum Gasteiger partial charge on any atom is 0.418 e. The number of aryl methyl sites for hydroxylation is 1. The van der Waals surface area contributed by atoms with Gasteiger partial charge in [-0.05, 0) is 43.5 Å². The van der Waals surface area contributed by atoms with Crippen LogP contribution in [0.5, 0.6) is 0 Å². The van der Waals surface area contributed by atoms with Gasteiger partial charge in [0.05, 0.1) is 17.2 Å². The van der Waals surface area contributed by atoms with E-state index in [0.717, 1.165) is 0 Å². The van der Waals surface area contributed by atoms with E-state index in [1.807, 2.05) is 5.32 Å². The van der Waals surface area contributed by atoms with Gasteiger partial charge in [0.1, 0.15) is 12.2 Å². The number of nitrogens with one attached hydrogen (secondary N) is 2. The maximum absolute atomic E-state index is 13.7. The minimum atomic E-state index is -4.86. The van der Waals surface area contributed by atoms with Gasteiger partial charge >= 0.3 is 18.4 Å². The average molecular weight is 461 g/mol. The van der Waals surface area contributed by atoms with Crippen LogP contribution < -0.4 is 10.6 Å². The molecule has 0 bridgehead atoms. The molecule has 0 radical (unpaired) electrons. The standard InChI is InChI=1S/C19H17F6N5O2/c1-8-2-14(16-29-30-17(32-16)27-10-3-11(31)4-10)28-15-12(8)5-9(26-7-18(20,21)22)6-13(15)19(23,24)25/h2,5-6,10-11,26,31H,3-4,7H2,1H3,(H,27,30). The Labute approximate surface area is 176 Å². The molecule has 3 N–H and O–H groups in total. The quantitative estimate of drug-likeness (QED) is 0.481. The Balaban J connectivity index is 1.71. The van der Waals surface area contributed by atoms with Crippen molar-refractivity contribution in [2.45, 2.75) is 44.3 Å². The Morgan fingerprint density at radius 1 is 1.09 bits per heavy atom. The summed E-state index contributed by atoms with van der Waals surface area (Å²) < 4.78 is 84.0. The number of anilines is 2. The topological polar surface area (TPSA) is 96.1 Å². The highest BCUT2D eigenvalue weighted by molar-refractivity contribution is 5.90. The second kappa shape index (κ2) is 7.80. The van der Waals surface area contributed by atoms with E-state index in [1.165, 1.54) is 19.1 Å². The molecule has 1 aliphatic rings. The third-order valence-electron chi connectivity index (χ3n) is 5.00. The second-order valence-corrected chi connectivity index (χ2v) is 7.59. The number of benzene rings is 1. The number of pyridine rings is 1. The number of rotatable bonds is 5. The van der Waals surface area contributed by atoms with Crippen LogP contribution in [0.25, 0.3) is 22.5 Å². The first kappa shape index (κ1) is 22.1. The lowest BCUT2D eigenvalue weighted by Crippen LogP contribution is -2.39. The van der Waals surface area contributed by atoms with Crippen LogP contribution in [0.3, 0.4) is 0 Å². The first-order valence-electron chi connectivity index (χ1n) is 9.51. The monoisotopic (exact) mass is 461 g/mol. The van der Waals surface area contributed by atoms with E-state index >= 15 is 0 Å². The zero-order valence-corrected chi connectivity index (χ0v) is 16.5. The number of hydrogen-bond donors (Lipinski definition) is 3. The summed E-state index contributed by atoms with van der Waals surface area (Å²) in [5.74, 6) is -0.121. The van der Waals surface area contributed by atoms with Crippen LogP contribution in [0.4, 0.5) is 38.0 Å². The number of nitrogens with zero attached hydrogens (tertiary/aromatic N) is 3. The maximum atomic E-state index is 13.7. The van der Waals surface area contributed by atoms with Gasteiger partial charge in [-0.3, -0.25) is 0 Å². The van der Waals surface area contributed by atoms with Crippen LogP contribution in [0, 0.1) is 6.92 Å². The zero-order valence-electron chi connectivity index (χ0n) is 16.5. The number of hydrogen-bond acceptors (Lipinski definition) is 7. The number of fused-ring (bicyclic) bond motifs is 1. The highest BCUT2D eigenvalue weighted by atomic mass is 19.4. The fourth-order valence-electron chi connectivity index (χ4n) is 3.39. The van der Waals surface area contributed by atoms with Crippen molar-refractivity contribution < 1.29 is 35.9 Å². The highest BCUT2D eigenvalue weighted by Gasteiger charge is 2.35. The Bertz CT molecular complexity index is 1140. The molecular formula is C19H17F6N5O2. The molecule has 172 valence electrons. The first-order chi connectivity index (χ1) is 14.9. The van der Waals surface area contributed by atoms with Gasteiger partial charge in [0, 0.05) is 17.1 Å². The number of alkyl halides is 6. The SMILES string of the molecule is Cc1cc(-c2nnc(NC3CC(O)C3)o2)nc2c(C(F)(F)F)cc(NCC(F)(F)F)cc12. The molecule has 2 aromatic heterocycles. The molecule has 0 spiro atoms. The minimum absolute atomic E-state index is 0.00862. The molecule has 4 rings (SSSR count). The molecule has 0 saturated heterocycles. The van der Waals surface area contributed by atoms with Crippen LogP contribution >= 0.6 is 0 Å². The summed E-state index contributed by atoms with van der Waals surface area (Å²) in [4.78, 5) is 4.03. The van der Waals surface area contributed by atoms with E-state index in [1.54, 1.807) is 0 Å². The summed E-state index contributed by atoms with van der Waals surface area (Å²) in [7, 11) is 0. The fourth-order valence-corrected chi connectivity index (χ4v) is 3.39. The van der Waals surface area contributed by atoms with Crippen LogP contribution in [-0.4, -0.2) is 45.2 Å². The number of aromatic nitrogens is 3. The van der Waals surface area contributed by atoms with E-state index in [9.17, 15) is 31.4 Å². The summed E-state index contributed by atoms with van der Waals surface area (Å²) in [6.45, 7) is 0.0304. The Hall–Kier alpha value is -3.09. The van der Waals surface area contributed by atoms with E-state index in [2.05, 4.69) is 20.5 Å². The summed E-state index contributed by atoms with van der Waals surface area (Å²) in [5.41, 5.74) is -1.63. The first-order valence-corrected chi connectivity index (χ1v) is 9.51. The Kier molecular flexibility index (Phi) is 5.39. The zero-order chi connectivity index (χ0) is 23.3. The van der Waals surface area contributed by atoms with Gasteiger partial charge in [-0.15, -0.1) is 5.10 Å². The summed E-state index contributed by atoms with van der Waals surface area (Å²) >= 11 is 0. The minimum Gasteiger partial charge on any atom is -0.402 e. The lowest BCUT2D eigenvalue weighted by molar-refractivity contribution is -0.136. The third-order valence-corrected chi connectivity index (χ3v) is 5.00. The van der Waals surface area contributed by atoms with Gasteiger partial charge < -0.3 is 20.2 Å². The molecular weight excluding hydrogens is 444 g/mol. The van der Waals surface area contributed by atoms with Gasteiger partial charge in [0.25, 0.3) is 5.89 Å². The summed E-state index contributed by atoms with van der Waals surface area (Å²) in [5, 5.41) is 21.9. The molecule has 3 aromatic rings. The molecule has 0 unspecified atom stereocenters. The lowest BCUT2D eigenvalue weighted by Gasteiger charge is -2.30. The van der Waals surface area contributed by atoms with Crippen LogP contribution in [-0.2, 0) is 6.18 Å². The molecule has 0 aliphatic heterocycles. The molecule has 0 amide bonds. The second-order valence-electron chi connectivity index (χ2n) is 7.59. The predicted octanol–water partition coefficient (Wildman–Crippen LogP) is 4.52. The van der Waals surface area contributed by atoms with E-state index in [0.29, 0.717) is 24.5 Å². The normalized spacial score (nSPS) is 19.1. The molecule has 32 heavy (non-hydrogen) atoms. The number of aliphatic hydroxyl groups excluding tert-OH is 1.